The lowest BCUT2D eigenvalue weighted by Gasteiger charge is -2.08. The molecule has 1 aromatic heterocycles. The minimum atomic E-state index is 0.0410. The summed E-state index contributed by atoms with van der Waals surface area (Å²) in [5, 5.41) is 3.96. The molecule has 1 N–H and O–H groups in total. The van der Waals surface area contributed by atoms with Crippen molar-refractivity contribution in [1.82, 2.24) is 4.98 Å². The Morgan fingerprint density at radius 2 is 2.16 bits per heavy atom. The molecule has 0 bridgehead atoms. The monoisotopic (exact) mass is 252 g/mol. The summed E-state index contributed by atoms with van der Waals surface area (Å²) >= 11 is 0. The van der Waals surface area contributed by atoms with Crippen molar-refractivity contribution in [1.29, 1.82) is 0 Å². The van der Waals surface area contributed by atoms with Crippen molar-refractivity contribution in [2.45, 2.75) is 19.3 Å². The van der Waals surface area contributed by atoms with Gasteiger partial charge >= 0.3 is 0 Å². The Hall–Kier alpha value is -2.16. The van der Waals surface area contributed by atoms with Crippen molar-refractivity contribution in [2.24, 2.45) is 5.92 Å². The number of pyridine rings is 1. The van der Waals surface area contributed by atoms with E-state index in [0.29, 0.717) is 18.2 Å². The summed E-state index contributed by atoms with van der Waals surface area (Å²) in [7, 11) is 0. The van der Waals surface area contributed by atoms with Gasteiger partial charge in [-0.25, -0.2) is 4.98 Å². The van der Waals surface area contributed by atoms with E-state index in [1.165, 1.54) is 0 Å². The number of carbonyl (C=O) groups is 1. The molecule has 1 heterocycles. The van der Waals surface area contributed by atoms with Crippen molar-refractivity contribution in [3.8, 4) is 0 Å². The molecule has 1 aliphatic carbocycles. The molecule has 2 aromatic rings. The summed E-state index contributed by atoms with van der Waals surface area (Å²) < 4.78 is 0. The Morgan fingerprint density at radius 3 is 3.00 bits per heavy atom. The van der Waals surface area contributed by atoms with Gasteiger partial charge in [-0.1, -0.05) is 30.4 Å². The van der Waals surface area contributed by atoms with Crippen LogP contribution < -0.4 is 5.32 Å². The molecule has 0 radical (unpaired) electrons. The highest BCUT2D eigenvalue weighted by atomic mass is 16.1. The molecule has 1 aromatic carbocycles. The number of para-hydroxylation sites is 1. The molecule has 3 nitrogen and oxygen atoms in total. The molecule has 0 unspecified atom stereocenters. The third-order valence-corrected chi connectivity index (χ3v) is 3.43. The highest BCUT2D eigenvalue weighted by Crippen LogP contribution is 2.21. The lowest BCUT2D eigenvalue weighted by molar-refractivity contribution is -0.116. The first kappa shape index (κ1) is 11.9. The maximum atomic E-state index is 11.9. The van der Waals surface area contributed by atoms with E-state index in [2.05, 4.69) is 22.5 Å². The van der Waals surface area contributed by atoms with E-state index < -0.39 is 0 Å². The van der Waals surface area contributed by atoms with Crippen LogP contribution in [0.15, 0.2) is 48.6 Å². The molecule has 0 spiro atoms. The highest BCUT2D eigenvalue weighted by molar-refractivity contribution is 5.91. The largest absolute Gasteiger partial charge is 0.311 e. The third-order valence-electron chi connectivity index (χ3n) is 3.43. The van der Waals surface area contributed by atoms with Gasteiger partial charge in [0.15, 0.2) is 0 Å². The van der Waals surface area contributed by atoms with Gasteiger partial charge in [0.25, 0.3) is 0 Å². The molecule has 1 atom stereocenters. The van der Waals surface area contributed by atoms with Gasteiger partial charge in [0.2, 0.25) is 5.91 Å². The van der Waals surface area contributed by atoms with Crippen LogP contribution in [-0.4, -0.2) is 10.9 Å². The Kier molecular flexibility index (Phi) is 3.27. The topological polar surface area (TPSA) is 42.0 Å². The molecule has 0 saturated carbocycles. The normalized spacial score (nSPS) is 17.8. The van der Waals surface area contributed by atoms with Gasteiger partial charge in [0.05, 0.1) is 5.52 Å². The molecular weight excluding hydrogens is 236 g/mol. The first-order valence-electron chi connectivity index (χ1n) is 6.63. The van der Waals surface area contributed by atoms with Gasteiger partial charge in [0.1, 0.15) is 5.82 Å². The zero-order chi connectivity index (χ0) is 13.1. The Morgan fingerprint density at radius 1 is 1.26 bits per heavy atom. The Balaban J connectivity index is 1.70. The molecule has 96 valence electrons. The van der Waals surface area contributed by atoms with Crippen LogP contribution in [-0.2, 0) is 4.79 Å². The van der Waals surface area contributed by atoms with Crippen LogP contribution in [0.5, 0.6) is 0 Å². The van der Waals surface area contributed by atoms with E-state index in [1.54, 1.807) is 0 Å². The van der Waals surface area contributed by atoms with E-state index >= 15 is 0 Å². The van der Waals surface area contributed by atoms with Crippen LogP contribution >= 0.6 is 0 Å². The molecule has 3 heteroatoms. The number of benzene rings is 1. The predicted octanol–water partition coefficient (Wildman–Crippen LogP) is 3.53. The average molecular weight is 252 g/mol. The quantitative estimate of drug-likeness (QED) is 0.849. The van der Waals surface area contributed by atoms with Gasteiger partial charge in [-0.15, -0.1) is 0 Å². The fourth-order valence-electron chi connectivity index (χ4n) is 2.43. The first-order valence-corrected chi connectivity index (χ1v) is 6.63. The van der Waals surface area contributed by atoms with Gasteiger partial charge in [0, 0.05) is 11.8 Å². The fraction of sp³-hybridized carbons (Fsp3) is 0.250. The van der Waals surface area contributed by atoms with Crippen LogP contribution in [0, 0.1) is 5.92 Å². The second-order valence-electron chi connectivity index (χ2n) is 4.91. The second kappa shape index (κ2) is 5.22. The molecular formula is C16H16N2O. The van der Waals surface area contributed by atoms with E-state index in [0.717, 1.165) is 23.7 Å². The van der Waals surface area contributed by atoms with Crippen LogP contribution in [0.1, 0.15) is 19.3 Å². The summed E-state index contributed by atoms with van der Waals surface area (Å²) in [4.78, 5) is 16.4. The zero-order valence-electron chi connectivity index (χ0n) is 10.7. The van der Waals surface area contributed by atoms with Crippen LogP contribution in [0.2, 0.25) is 0 Å². The van der Waals surface area contributed by atoms with E-state index in [9.17, 15) is 4.79 Å². The summed E-state index contributed by atoms with van der Waals surface area (Å²) in [5.41, 5.74) is 0.904. The van der Waals surface area contributed by atoms with Gasteiger partial charge in [-0.05, 0) is 37.0 Å². The number of hydrogen-bond donors (Lipinski definition) is 1. The number of anilines is 1. The minimum Gasteiger partial charge on any atom is -0.311 e. The van der Waals surface area contributed by atoms with Crippen molar-refractivity contribution in [2.75, 3.05) is 5.32 Å². The van der Waals surface area contributed by atoms with Crippen LogP contribution in [0.3, 0.4) is 0 Å². The lowest BCUT2D eigenvalue weighted by Crippen LogP contribution is -2.15. The van der Waals surface area contributed by atoms with Crippen molar-refractivity contribution in [3.05, 3.63) is 48.6 Å². The zero-order valence-corrected chi connectivity index (χ0v) is 10.7. The van der Waals surface area contributed by atoms with Crippen LogP contribution in [0.25, 0.3) is 10.9 Å². The number of fused-ring (bicyclic) bond motifs is 1. The van der Waals surface area contributed by atoms with Crippen molar-refractivity contribution >= 4 is 22.6 Å². The number of nitrogens with one attached hydrogen (secondary N) is 1. The summed E-state index contributed by atoms with van der Waals surface area (Å²) in [6, 6.07) is 11.7. The van der Waals surface area contributed by atoms with E-state index in [1.807, 2.05) is 36.4 Å². The van der Waals surface area contributed by atoms with Gasteiger partial charge in [-0.3, -0.25) is 4.79 Å². The van der Waals surface area contributed by atoms with Crippen molar-refractivity contribution < 1.29 is 4.79 Å². The number of hydrogen-bond acceptors (Lipinski definition) is 2. The summed E-state index contributed by atoms with van der Waals surface area (Å²) in [6.45, 7) is 0. The Bertz CT molecular complexity index is 633. The van der Waals surface area contributed by atoms with E-state index in [4.69, 9.17) is 0 Å². The smallest absolute Gasteiger partial charge is 0.226 e. The molecule has 19 heavy (non-hydrogen) atoms. The predicted molar refractivity (Wildman–Crippen MR) is 76.9 cm³/mol. The van der Waals surface area contributed by atoms with E-state index in [-0.39, 0.29) is 5.91 Å². The fourth-order valence-corrected chi connectivity index (χ4v) is 2.43. The SMILES string of the molecule is O=C(C[C@@H]1C=CCC1)Nc1ccc2ccccc2n1. The highest BCUT2D eigenvalue weighted by Gasteiger charge is 2.14. The number of aromatic nitrogens is 1. The summed E-state index contributed by atoms with van der Waals surface area (Å²) in [6.07, 6.45) is 7.00. The molecule has 1 aliphatic rings. The number of allylic oxidation sites excluding steroid dienone is 2. The Labute approximate surface area is 112 Å². The second-order valence-corrected chi connectivity index (χ2v) is 4.91. The first-order chi connectivity index (χ1) is 9.31. The van der Waals surface area contributed by atoms with Gasteiger partial charge < -0.3 is 5.32 Å². The standard InChI is InChI=1S/C16H16N2O/c19-16(11-12-5-1-2-6-12)18-15-10-9-13-7-3-4-8-14(13)17-15/h1,3-5,7-10,12H,2,6,11H2,(H,17,18,19)/t12-/m1/s1. The molecule has 0 fully saturated rings. The minimum absolute atomic E-state index is 0.0410. The molecule has 0 aliphatic heterocycles. The third kappa shape index (κ3) is 2.81. The summed E-state index contributed by atoms with van der Waals surface area (Å²) in [5.74, 6) is 1.06. The molecule has 1 amide bonds. The maximum Gasteiger partial charge on any atom is 0.226 e. The number of amides is 1. The average Bonchev–Trinajstić information content (AvgIpc) is 2.91. The lowest BCUT2D eigenvalue weighted by atomic mass is 10.1. The number of carbonyl (C=O) groups excluding carboxylic acids is 1. The molecule has 3 rings (SSSR count). The molecule has 0 saturated heterocycles. The number of rotatable bonds is 3. The number of nitrogens with zero attached hydrogens (tertiary/aromatic N) is 1. The van der Waals surface area contributed by atoms with Crippen molar-refractivity contribution in [3.63, 3.8) is 0 Å². The maximum absolute atomic E-state index is 11.9. The van der Waals surface area contributed by atoms with Crippen LogP contribution in [0.4, 0.5) is 5.82 Å². The van der Waals surface area contributed by atoms with Gasteiger partial charge in [-0.2, -0.15) is 0 Å².